The zero-order valence-corrected chi connectivity index (χ0v) is 19.6. The van der Waals surface area contributed by atoms with Gasteiger partial charge in [-0.05, 0) is 26.6 Å². The van der Waals surface area contributed by atoms with Gasteiger partial charge in [-0.3, -0.25) is 9.59 Å². The molecule has 0 saturated carbocycles. The Bertz CT molecular complexity index is 629. The molecule has 2 heterocycles. The minimum atomic E-state index is -1.90. The number of carbonyl (C=O) groups excluding carboxylic acids is 2. The summed E-state index contributed by atoms with van der Waals surface area (Å²) in [4.78, 5) is 23.8. The molecule has 2 aliphatic rings. The van der Waals surface area contributed by atoms with Crippen LogP contribution in [0.15, 0.2) is 11.6 Å². The standard InChI is InChI=1S/C21H36O7Si/c1-13-8-16(12-22)26-19(23)11-21(24)10-18(28-29(5,6)7)15(3)20(27-21)14(2)17(9-13)25-4/h9,12,14-18,20,24H,8,10-11H2,1-7H3/b13-9+/t14-,15-,16?,17-,18+,20+,21+/m1/s1. The number of hydrogen-bond acceptors (Lipinski definition) is 7. The van der Waals surface area contributed by atoms with Crippen molar-refractivity contribution < 1.29 is 33.3 Å². The molecule has 7 nitrogen and oxygen atoms in total. The molecule has 1 N–H and O–H groups in total. The van der Waals surface area contributed by atoms with Gasteiger partial charge in [0.15, 0.2) is 26.5 Å². The molecule has 0 aromatic carbocycles. The van der Waals surface area contributed by atoms with Crippen molar-refractivity contribution in [1.82, 2.24) is 0 Å². The van der Waals surface area contributed by atoms with Gasteiger partial charge in [0.2, 0.25) is 0 Å². The minimum absolute atomic E-state index is 0.00467. The van der Waals surface area contributed by atoms with Gasteiger partial charge in [0.25, 0.3) is 0 Å². The molecule has 1 saturated heterocycles. The van der Waals surface area contributed by atoms with Crippen molar-refractivity contribution in [2.75, 3.05) is 7.11 Å². The van der Waals surface area contributed by atoms with Crippen LogP contribution in [0.2, 0.25) is 19.6 Å². The summed E-state index contributed by atoms with van der Waals surface area (Å²) in [5, 5.41) is 11.2. The zero-order valence-electron chi connectivity index (χ0n) is 18.6. The molecule has 0 spiro atoms. The first kappa shape index (κ1) is 24.2. The number of fused-ring (bicyclic) bond motifs is 2. The molecule has 2 rings (SSSR count). The smallest absolute Gasteiger partial charge is 0.311 e. The van der Waals surface area contributed by atoms with Crippen LogP contribution in [-0.2, 0) is 28.2 Å². The summed E-state index contributed by atoms with van der Waals surface area (Å²) in [5.74, 6) is -2.47. The molecule has 1 fully saturated rings. The van der Waals surface area contributed by atoms with E-state index in [0.29, 0.717) is 12.7 Å². The van der Waals surface area contributed by atoms with Gasteiger partial charge in [0.1, 0.15) is 0 Å². The normalized spacial score (nSPS) is 41.4. The van der Waals surface area contributed by atoms with Crippen LogP contribution in [0.3, 0.4) is 0 Å². The van der Waals surface area contributed by atoms with E-state index in [0.717, 1.165) is 5.57 Å². The van der Waals surface area contributed by atoms with Crippen LogP contribution in [0.25, 0.3) is 0 Å². The second kappa shape index (κ2) is 9.39. The number of aliphatic hydroxyl groups is 1. The number of carbonyl (C=O) groups is 2. The number of hydrogen-bond donors (Lipinski definition) is 1. The van der Waals surface area contributed by atoms with Crippen molar-refractivity contribution in [2.24, 2.45) is 11.8 Å². The minimum Gasteiger partial charge on any atom is -0.454 e. The highest BCUT2D eigenvalue weighted by molar-refractivity contribution is 6.69. The summed E-state index contributed by atoms with van der Waals surface area (Å²) in [6.45, 7) is 12.2. The molecule has 0 aromatic rings. The van der Waals surface area contributed by atoms with Gasteiger partial charge in [0, 0.05) is 31.8 Å². The molecule has 0 radical (unpaired) electrons. The Kier molecular flexibility index (Phi) is 7.84. The predicted molar refractivity (Wildman–Crippen MR) is 111 cm³/mol. The first-order valence-corrected chi connectivity index (χ1v) is 13.7. The van der Waals surface area contributed by atoms with Crippen LogP contribution >= 0.6 is 0 Å². The Balaban J connectivity index is 2.45. The Morgan fingerprint density at radius 1 is 1.28 bits per heavy atom. The maximum Gasteiger partial charge on any atom is 0.311 e. The van der Waals surface area contributed by atoms with Gasteiger partial charge < -0.3 is 23.7 Å². The van der Waals surface area contributed by atoms with Crippen molar-refractivity contribution >= 4 is 20.6 Å². The number of methoxy groups -OCH3 is 1. The van der Waals surface area contributed by atoms with E-state index in [2.05, 4.69) is 26.6 Å². The van der Waals surface area contributed by atoms with Crippen molar-refractivity contribution in [2.45, 2.75) is 89.9 Å². The quantitative estimate of drug-likeness (QED) is 0.319. The van der Waals surface area contributed by atoms with Crippen LogP contribution in [0, 0.1) is 11.8 Å². The molecule has 0 aromatic heterocycles. The molecule has 1 unspecified atom stereocenters. The SMILES string of the molecule is CO[C@@H]1/C=C(\C)CC(C=O)OC(=O)C[C@]2(O)C[C@H](O[Si](C)(C)C)[C@@H](C)[C@@H](O2)[C@@H]1C. The van der Waals surface area contributed by atoms with Crippen molar-refractivity contribution in [3.05, 3.63) is 11.6 Å². The first-order valence-electron chi connectivity index (χ1n) is 10.3. The molecule has 8 heteroatoms. The number of rotatable bonds is 4. The van der Waals surface area contributed by atoms with Crippen LogP contribution in [0.5, 0.6) is 0 Å². The monoisotopic (exact) mass is 428 g/mol. The van der Waals surface area contributed by atoms with E-state index in [-0.39, 0.29) is 43.0 Å². The lowest BCUT2D eigenvalue weighted by Crippen LogP contribution is -2.57. The lowest BCUT2D eigenvalue weighted by Gasteiger charge is -2.49. The van der Waals surface area contributed by atoms with E-state index in [1.54, 1.807) is 7.11 Å². The second-order valence-corrected chi connectivity index (χ2v) is 13.9. The summed E-state index contributed by atoms with van der Waals surface area (Å²) in [6.07, 6.45) is 0.860. The number of esters is 1. The molecular formula is C21H36O7Si. The second-order valence-electron chi connectivity index (χ2n) is 9.48. The van der Waals surface area contributed by atoms with Crippen LogP contribution < -0.4 is 0 Å². The summed E-state index contributed by atoms with van der Waals surface area (Å²) in [7, 11) is -0.272. The van der Waals surface area contributed by atoms with Gasteiger partial charge in [-0.2, -0.15) is 0 Å². The van der Waals surface area contributed by atoms with E-state index in [1.165, 1.54) is 0 Å². The molecule has 2 bridgehead atoms. The van der Waals surface area contributed by atoms with Crippen LogP contribution in [0.4, 0.5) is 0 Å². The highest BCUT2D eigenvalue weighted by atomic mass is 28.4. The Morgan fingerprint density at radius 2 is 1.93 bits per heavy atom. The topological polar surface area (TPSA) is 91.3 Å². The third-order valence-corrected chi connectivity index (χ3v) is 6.63. The zero-order chi connectivity index (χ0) is 22.0. The summed E-state index contributed by atoms with van der Waals surface area (Å²) < 4.78 is 23.5. The largest absolute Gasteiger partial charge is 0.454 e. The highest BCUT2D eigenvalue weighted by Crippen LogP contribution is 2.41. The first-order chi connectivity index (χ1) is 13.4. The molecule has 0 amide bonds. The van der Waals surface area contributed by atoms with E-state index in [1.807, 2.05) is 19.9 Å². The maximum absolute atomic E-state index is 12.5. The molecule has 166 valence electrons. The number of cyclic esters (lactones) is 1. The summed E-state index contributed by atoms with van der Waals surface area (Å²) in [6, 6.07) is 0. The van der Waals surface area contributed by atoms with Crippen molar-refractivity contribution in [1.29, 1.82) is 0 Å². The Morgan fingerprint density at radius 3 is 2.48 bits per heavy atom. The highest BCUT2D eigenvalue weighted by Gasteiger charge is 2.50. The third-order valence-electron chi connectivity index (χ3n) is 5.62. The van der Waals surface area contributed by atoms with E-state index in [4.69, 9.17) is 18.6 Å². The molecule has 7 atom stereocenters. The Hall–Kier alpha value is -1.06. The van der Waals surface area contributed by atoms with Gasteiger partial charge in [-0.15, -0.1) is 0 Å². The molecular weight excluding hydrogens is 392 g/mol. The fourth-order valence-corrected chi connectivity index (χ4v) is 5.47. The fourth-order valence-electron chi connectivity index (χ4n) is 4.26. The van der Waals surface area contributed by atoms with E-state index < -0.39 is 26.2 Å². The van der Waals surface area contributed by atoms with E-state index in [9.17, 15) is 14.7 Å². The lowest BCUT2D eigenvalue weighted by atomic mass is 9.80. The number of aldehydes is 1. The van der Waals surface area contributed by atoms with Gasteiger partial charge in [-0.1, -0.05) is 25.5 Å². The summed E-state index contributed by atoms with van der Waals surface area (Å²) in [5.41, 5.74) is 0.891. The summed E-state index contributed by atoms with van der Waals surface area (Å²) >= 11 is 0. The average molecular weight is 429 g/mol. The molecule has 2 aliphatic heterocycles. The van der Waals surface area contributed by atoms with Crippen molar-refractivity contribution in [3.8, 4) is 0 Å². The lowest BCUT2D eigenvalue weighted by molar-refractivity contribution is -0.299. The average Bonchev–Trinajstić information content (AvgIpc) is 2.59. The van der Waals surface area contributed by atoms with Gasteiger partial charge in [-0.25, -0.2) is 0 Å². The van der Waals surface area contributed by atoms with Gasteiger partial charge >= 0.3 is 5.97 Å². The number of ether oxygens (including phenoxy) is 3. The van der Waals surface area contributed by atoms with Crippen LogP contribution in [-0.4, -0.2) is 63.0 Å². The maximum atomic E-state index is 12.5. The predicted octanol–water partition coefficient (Wildman–Crippen LogP) is 2.82. The fraction of sp³-hybridized carbons (Fsp3) is 0.810. The third kappa shape index (κ3) is 6.46. The Labute approximate surface area is 174 Å². The van der Waals surface area contributed by atoms with Crippen LogP contribution in [0.1, 0.15) is 40.0 Å². The van der Waals surface area contributed by atoms with E-state index >= 15 is 0 Å². The van der Waals surface area contributed by atoms with Crippen molar-refractivity contribution in [3.63, 3.8) is 0 Å². The molecule has 0 aliphatic carbocycles. The molecule has 29 heavy (non-hydrogen) atoms. The van der Waals surface area contributed by atoms with Gasteiger partial charge in [0.05, 0.1) is 24.7 Å².